The average molecular weight is 195 g/mol. The number of rotatable bonds is 0. The van der Waals surface area contributed by atoms with Gasteiger partial charge in [-0.2, -0.15) is 0 Å². The van der Waals surface area contributed by atoms with Crippen molar-refractivity contribution in [2.75, 3.05) is 13.1 Å². The molecule has 2 aliphatic rings. The van der Waals surface area contributed by atoms with Crippen molar-refractivity contribution >= 4 is 0 Å². The third kappa shape index (κ3) is 1.11. The van der Waals surface area contributed by atoms with E-state index in [9.17, 15) is 0 Å². The molecule has 0 amide bonds. The zero-order valence-electron chi connectivity index (χ0n) is 10.6. The number of hydrogen-bond acceptors (Lipinski definition) is 1. The first-order chi connectivity index (χ1) is 6.22. The smallest absolute Gasteiger partial charge is 0.0125 e. The van der Waals surface area contributed by atoms with Crippen LogP contribution in [-0.4, -0.2) is 23.5 Å². The maximum Gasteiger partial charge on any atom is 0.0125 e. The van der Waals surface area contributed by atoms with E-state index < -0.39 is 0 Å². The van der Waals surface area contributed by atoms with E-state index in [0.717, 1.165) is 5.92 Å². The Labute approximate surface area is 88.9 Å². The third-order valence-corrected chi connectivity index (χ3v) is 5.36. The predicted octanol–water partition coefficient (Wildman–Crippen LogP) is 3.15. The molecule has 1 heterocycles. The standard InChI is InChI=1S/C13H25N/c1-10-12(5,6)13(10)7-8-14(9-13)11(2,3)4/h10H,7-9H2,1-6H3. The van der Waals surface area contributed by atoms with E-state index in [2.05, 4.69) is 46.4 Å². The van der Waals surface area contributed by atoms with Gasteiger partial charge in [-0.1, -0.05) is 20.8 Å². The average Bonchev–Trinajstić information content (AvgIpc) is 2.50. The van der Waals surface area contributed by atoms with Crippen molar-refractivity contribution in [3.05, 3.63) is 0 Å². The van der Waals surface area contributed by atoms with E-state index in [1.54, 1.807) is 0 Å². The summed E-state index contributed by atoms with van der Waals surface area (Å²) < 4.78 is 0. The lowest BCUT2D eigenvalue weighted by molar-refractivity contribution is 0.160. The number of hydrogen-bond donors (Lipinski definition) is 0. The van der Waals surface area contributed by atoms with Gasteiger partial charge in [-0.3, -0.25) is 4.90 Å². The molecule has 1 aliphatic carbocycles. The second-order valence-electron chi connectivity index (χ2n) is 6.94. The van der Waals surface area contributed by atoms with Gasteiger partial charge in [0.1, 0.15) is 0 Å². The minimum atomic E-state index is 0.363. The van der Waals surface area contributed by atoms with Crippen LogP contribution in [-0.2, 0) is 0 Å². The molecule has 1 nitrogen and oxygen atoms in total. The van der Waals surface area contributed by atoms with E-state index >= 15 is 0 Å². The fourth-order valence-corrected chi connectivity index (χ4v) is 3.52. The van der Waals surface area contributed by atoms with Gasteiger partial charge in [0.15, 0.2) is 0 Å². The third-order valence-electron chi connectivity index (χ3n) is 5.36. The van der Waals surface area contributed by atoms with Gasteiger partial charge in [0, 0.05) is 12.1 Å². The summed E-state index contributed by atoms with van der Waals surface area (Å²) in [5, 5.41) is 0. The second-order valence-corrected chi connectivity index (χ2v) is 6.94. The molecule has 2 atom stereocenters. The molecule has 0 aromatic rings. The van der Waals surface area contributed by atoms with Crippen LogP contribution in [0.5, 0.6) is 0 Å². The molecule has 14 heavy (non-hydrogen) atoms. The first-order valence-corrected chi connectivity index (χ1v) is 5.97. The Hall–Kier alpha value is -0.0400. The molecule has 2 rings (SSSR count). The van der Waals surface area contributed by atoms with Gasteiger partial charge in [-0.25, -0.2) is 0 Å². The highest BCUT2D eigenvalue weighted by molar-refractivity contribution is 5.19. The Morgan fingerprint density at radius 2 is 1.71 bits per heavy atom. The Kier molecular flexibility index (Phi) is 1.91. The molecule has 2 fully saturated rings. The molecule has 0 N–H and O–H groups in total. The van der Waals surface area contributed by atoms with Gasteiger partial charge >= 0.3 is 0 Å². The van der Waals surface area contributed by atoms with Crippen molar-refractivity contribution in [2.45, 2.75) is 53.5 Å². The van der Waals surface area contributed by atoms with Crippen LogP contribution in [0.25, 0.3) is 0 Å². The minimum Gasteiger partial charge on any atom is -0.298 e. The van der Waals surface area contributed by atoms with Crippen molar-refractivity contribution in [2.24, 2.45) is 16.7 Å². The maximum atomic E-state index is 2.66. The molecule has 1 saturated heterocycles. The maximum absolute atomic E-state index is 2.66. The highest BCUT2D eigenvalue weighted by Crippen LogP contribution is 2.72. The molecule has 1 heteroatoms. The molecule has 82 valence electrons. The molecule has 1 aliphatic heterocycles. The van der Waals surface area contributed by atoms with Gasteiger partial charge in [0.25, 0.3) is 0 Å². The van der Waals surface area contributed by atoms with E-state index in [1.807, 2.05) is 0 Å². The molecule has 0 aromatic carbocycles. The van der Waals surface area contributed by atoms with Crippen LogP contribution in [0.2, 0.25) is 0 Å². The van der Waals surface area contributed by atoms with E-state index in [0.29, 0.717) is 16.4 Å². The number of likely N-dealkylation sites (tertiary alicyclic amines) is 1. The van der Waals surface area contributed by atoms with Crippen LogP contribution in [0, 0.1) is 16.7 Å². The molecule has 0 radical (unpaired) electrons. The van der Waals surface area contributed by atoms with Crippen LogP contribution in [0.15, 0.2) is 0 Å². The first-order valence-electron chi connectivity index (χ1n) is 5.97. The number of nitrogens with zero attached hydrogens (tertiary/aromatic N) is 1. The highest BCUT2D eigenvalue weighted by Gasteiger charge is 2.70. The lowest BCUT2D eigenvalue weighted by Crippen LogP contribution is -2.40. The Bertz CT molecular complexity index is 248. The summed E-state index contributed by atoms with van der Waals surface area (Å²) in [7, 11) is 0. The van der Waals surface area contributed by atoms with Crippen molar-refractivity contribution < 1.29 is 0 Å². The van der Waals surface area contributed by atoms with Crippen LogP contribution in [0.4, 0.5) is 0 Å². The lowest BCUT2D eigenvalue weighted by Gasteiger charge is -2.32. The summed E-state index contributed by atoms with van der Waals surface area (Å²) in [4.78, 5) is 2.66. The molecule has 0 bridgehead atoms. The van der Waals surface area contributed by atoms with Crippen LogP contribution >= 0.6 is 0 Å². The molecular weight excluding hydrogens is 170 g/mol. The predicted molar refractivity (Wildman–Crippen MR) is 61.3 cm³/mol. The van der Waals surface area contributed by atoms with Crippen molar-refractivity contribution in [3.63, 3.8) is 0 Å². The van der Waals surface area contributed by atoms with E-state index in [-0.39, 0.29) is 0 Å². The largest absolute Gasteiger partial charge is 0.298 e. The van der Waals surface area contributed by atoms with Crippen LogP contribution in [0.1, 0.15) is 48.0 Å². The molecular formula is C13H25N. The molecule has 1 saturated carbocycles. The Balaban J connectivity index is 2.11. The second kappa shape index (κ2) is 2.55. The van der Waals surface area contributed by atoms with Crippen LogP contribution in [0.3, 0.4) is 0 Å². The summed E-state index contributed by atoms with van der Waals surface area (Å²) in [5.74, 6) is 0.919. The molecule has 1 spiro atoms. The fraction of sp³-hybridized carbons (Fsp3) is 1.00. The zero-order valence-corrected chi connectivity index (χ0v) is 10.6. The summed E-state index contributed by atoms with van der Waals surface area (Å²) in [6, 6.07) is 0. The summed E-state index contributed by atoms with van der Waals surface area (Å²) in [6.07, 6.45) is 1.42. The van der Waals surface area contributed by atoms with Gasteiger partial charge in [-0.15, -0.1) is 0 Å². The van der Waals surface area contributed by atoms with Gasteiger partial charge in [-0.05, 0) is 50.5 Å². The first kappa shape index (κ1) is 10.5. The monoisotopic (exact) mass is 195 g/mol. The van der Waals surface area contributed by atoms with Crippen molar-refractivity contribution in [3.8, 4) is 0 Å². The molecule has 2 unspecified atom stereocenters. The van der Waals surface area contributed by atoms with Gasteiger partial charge < -0.3 is 0 Å². The van der Waals surface area contributed by atoms with Gasteiger partial charge in [0.2, 0.25) is 0 Å². The van der Waals surface area contributed by atoms with Gasteiger partial charge in [0.05, 0.1) is 0 Å². The fourth-order valence-electron chi connectivity index (χ4n) is 3.52. The lowest BCUT2D eigenvalue weighted by atomic mass is 9.95. The Morgan fingerprint density at radius 3 is 1.93 bits per heavy atom. The Morgan fingerprint density at radius 1 is 1.21 bits per heavy atom. The van der Waals surface area contributed by atoms with Crippen molar-refractivity contribution in [1.82, 2.24) is 4.90 Å². The highest BCUT2D eigenvalue weighted by atomic mass is 15.2. The van der Waals surface area contributed by atoms with Crippen LogP contribution < -0.4 is 0 Å². The summed E-state index contributed by atoms with van der Waals surface area (Å²) in [5.41, 5.74) is 1.61. The normalized spacial score (nSPS) is 42.0. The quantitative estimate of drug-likeness (QED) is 0.574. The van der Waals surface area contributed by atoms with E-state index in [1.165, 1.54) is 19.5 Å². The SMILES string of the molecule is CC1C(C)(C)C12CCN(C(C)(C)C)C2. The molecule has 0 aromatic heterocycles. The van der Waals surface area contributed by atoms with Crippen molar-refractivity contribution in [1.29, 1.82) is 0 Å². The minimum absolute atomic E-state index is 0.363. The topological polar surface area (TPSA) is 3.24 Å². The summed E-state index contributed by atoms with van der Waals surface area (Å²) >= 11 is 0. The van der Waals surface area contributed by atoms with E-state index in [4.69, 9.17) is 0 Å². The summed E-state index contributed by atoms with van der Waals surface area (Å²) in [6.45, 7) is 17.0. The zero-order chi connectivity index (χ0) is 10.8.